The van der Waals surface area contributed by atoms with Crippen molar-refractivity contribution in [2.75, 3.05) is 18.0 Å². The van der Waals surface area contributed by atoms with Crippen LogP contribution in [0.5, 0.6) is 0 Å². The molecule has 5 nitrogen and oxygen atoms in total. The minimum absolute atomic E-state index is 0.660. The van der Waals surface area contributed by atoms with E-state index in [0.717, 1.165) is 44.4 Å². The van der Waals surface area contributed by atoms with Crippen molar-refractivity contribution >= 4 is 5.82 Å². The molecule has 0 amide bonds. The standard InChI is InChI=1S/C16H23N5/c1-13(2)10-17-11-14-4-3-5-19-16(14)21-9-8-20-7-6-18-15(20)12-21/h3-7,13,17H,8-12H2,1-2H3. The number of aromatic nitrogens is 3. The maximum absolute atomic E-state index is 4.61. The van der Waals surface area contributed by atoms with Gasteiger partial charge in [-0.2, -0.15) is 0 Å². The van der Waals surface area contributed by atoms with E-state index in [2.05, 4.69) is 50.9 Å². The van der Waals surface area contributed by atoms with Crippen molar-refractivity contribution in [2.45, 2.75) is 33.5 Å². The second-order valence-electron chi connectivity index (χ2n) is 5.97. The molecule has 2 aromatic rings. The molecular weight excluding hydrogens is 262 g/mol. The fourth-order valence-corrected chi connectivity index (χ4v) is 2.70. The number of imidazole rings is 1. The van der Waals surface area contributed by atoms with Crippen molar-refractivity contribution in [3.8, 4) is 0 Å². The van der Waals surface area contributed by atoms with Crippen LogP contribution in [-0.2, 0) is 19.6 Å². The summed E-state index contributed by atoms with van der Waals surface area (Å²) in [5, 5.41) is 3.51. The van der Waals surface area contributed by atoms with Gasteiger partial charge < -0.3 is 14.8 Å². The fraction of sp³-hybridized carbons (Fsp3) is 0.500. The topological polar surface area (TPSA) is 46.0 Å². The molecule has 0 fully saturated rings. The highest BCUT2D eigenvalue weighted by Gasteiger charge is 2.19. The van der Waals surface area contributed by atoms with Gasteiger partial charge in [0, 0.05) is 43.8 Å². The highest BCUT2D eigenvalue weighted by molar-refractivity contribution is 5.47. The van der Waals surface area contributed by atoms with Crippen molar-refractivity contribution in [1.82, 2.24) is 19.9 Å². The first-order valence-electron chi connectivity index (χ1n) is 7.63. The highest BCUT2D eigenvalue weighted by Crippen LogP contribution is 2.21. The third-order valence-electron chi connectivity index (χ3n) is 3.78. The van der Waals surface area contributed by atoms with E-state index < -0.39 is 0 Å². The molecule has 0 spiro atoms. The van der Waals surface area contributed by atoms with Crippen LogP contribution < -0.4 is 10.2 Å². The van der Waals surface area contributed by atoms with Gasteiger partial charge in [-0.15, -0.1) is 0 Å². The summed E-state index contributed by atoms with van der Waals surface area (Å²) in [6, 6.07) is 4.18. The Morgan fingerprint density at radius 3 is 3.00 bits per heavy atom. The van der Waals surface area contributed by atoms with E-state index in [4.69, 9.17) is 0 Å². The zero-order valence-electron chi connectivity index (χ0n) is 12.8. The summed E-state index contributed by atoms with van der Waals surface area (Å²) in [6.45, 7) is 9.14. The second-order valence-corrected chi connectivity index (χ2v) is 5.97. The molecule has 3 heterocycles. The Hall–Kier alpha value is -1.88. The SMILES string of the molecule is CC(C)CNCc1cccnc1N1CCn2ccnc2C1. The van der Waals surface area contributed by atoms with E-state index in [1.165, 1.54) is 5.56 Å². The summed E-state index contributed by atoms with van der Waals surface area (Å²) in [6.07, 6.45) is 5.81. The van der Waals surface area contributed by atoms with Crippen LogP contribution in [-0.4, -0.2) is 27.6 Å². The molecule has 0 saturated carbocycles. The van der Waals surface area contributed by atoms with Gasteiger partial charge in [-0.1, -0.05) is 19.9 Å². The summed E-state index contributed by atoms with van der Waals surface area (Å²) in [4.78, 5) is 11.4. The minimum atomic E-state index is 0.660. The predicted molar refractivity (Wildman–Crippen MR) is 84.1 cm³/mol. The van der Waals surface area contributed by atoms with Gasteiger partial charge in [-0.25, -0.2) is 9.97 Å². The summed E-state index contributed by atoms with van der Waals surface area (Å²) in [5.74, 6) is 2.86. The lowest BCUT2D eigenvalue weighted by atomic mass is 10.2. The molecule has 1 N–H and O–H groups in total. The van der Waals surface area contributed by atoms with E-state index in [1.54, 1.807) is 0 Å². The number of hydrogen-bond acceptors (Lipinski definition) is 4. The van der Waals surface area contributed by atoms with E-state index in [-0.39, 0.29) is 0 Å². The Bertz CT molecular complexity index is 590. The first kappa shape index (κ1) is 14.1. The Balaban J connectivity index is 1.73. The van der Waals surface area contributed by atoms with E-state index in [1.807, 2.05) is 18.5 Å². The Kier molecular flexibility index (Phi) is 4.20. The molecule has 0 aromatic carbocycles. The number of pyridine rings is 1. The number of hydrogen-bond donors (Lipinski definition) is 1. The fourth-order valence-electron chi connectivity index (χ4n) is 2.70. The van der Waals surface area contributed by atoms with Crippen LogP contribution in [0.4, 0.5) is 5.82 Å². The van der Waals surface area contributed by atoms with Gasteiger partial charge in [0.25, 0.3) is 0 Å². The second kappa shape index (κ2) is 6.26. The van der Waals surface area contributed by atoms with E-state index in [0.29, 0.717) is 5.92 Å². The first-order chi connectivity index (χ1) is 10.2. The van der Waals surface area contributed by atoms with Crippen molar-refractivity contribution < 1.29 is 0 Å². The van der Waals surface area contributed by atoms with Crippen LogP contribution in [0.25, 0.3) is 0 Å². The van der Waals surface area contributed by atoms with Gasteiger partial charge in [0.1, 0.15) is 11.6 Å². The van der Waals surface area contributed by atoms with E-state index in [9.17, 15) is 0 Å². The zero-order chi connectivity index (χ0) is 14.7. The molecule has 0 aliphatic carbocycles. The largest absolute Gasteiger partial charge is 0.347 e. The van der Waals surface area contributed by atoms with Crippen molar-refractivity contribution in [1.29, 1.82) is 0 Å². The van der Waals surface area contributed by atoms with Crippen molar-refractivity contribution in [2.24, 2.45) is 5.92 Å². The third-order valence-corrected chi connectivity index (χ3v) is 3.78. The normalized spacial score (nSPS) is 14.5. The Morgan fingerprint density at radius 1 is 1.24 bits per heavy atom. The first-order valence-corrected chi connectivity index (χ1v) is 7.63. The molecule has 1 aliphatic heterocycles. The lowest BCUT2D eigenvalue weighted by Gasteiger charge is -2.30. The summed E-state index contributed by atoms with van der Waals surface area (Å²) < 4.78 is 2.22. The lowest BCUT2D eigenvalue weighted by molar-refractivity contribution is 0.540. The van der Waals surface area contributed by atoms with Gasteiger partial charge in [-0.05, 0) is 18.5 Å². The lowest BCUT2D eigenvalue weighted by Crippen LogP contribution is -2.35. The number of fused-ring (bicyclic) bond motifs is 1. The maximum Gasteiger partial charge on any atom is 0.133 e. The molecule has 0 atom stereocenters. The Morgan fingerprint density at radius 2 is 2.14 bits per heavy atom. The number of nitrogens with one attached hydrogen (secondary N) is 1. The molecule has 5 heteroatoms. The Labute approximate surface area is 126 Å². The molecule has 112 valence electrons. The monoisotopic (exact) mass is 285 g/mol. The molecule has 0 bridgehead atoms. The summed E-state index contributed by atoms with van der Waals surface area (Å²) in [7, 11) is 0. The minimum Gasteiger partial charge on any atom is -0.347 e. The maximum atomic E-state index is 4.61. The van der Waals surface area contributed by atoms with Crippen molar-refractivity contribution in [3.63, 3.8) is 0 Å². The molecule has 2 aromatic heterocycles. The summed E-state index contributed by atoms with van der Waals surface area (Å²) >= 11 is 0. The molecule has 0 radical (unpaired) electrons. The zero-order valence-corrected chi connectivity index (χ0v) is 12.8. The van der Waals surface area contributed by atoms with Crippen LogP contribution in [0.3, 0.4) is 0 Å². The molecule has 0 unspecified atom stereocenters. The van der Waals surface area contributed by atoms with Gasteiger partial charge >= 0.3 is 0 Å². The summed E-state index contributed by atoms with van der Waals surface area (Å²) in [5.41, 5.74) is 1.26. The van der Waals surface area contributed by atoms with Gasteiger partial charge in [0.05, 0.1) is 6.54 Å². The smallest absolute Gasteiger partial charge is 0.133 e. The van der Waals surface area contributed by atoms with Crippen LogP contribution in [0, 0.1) is 5.92 Å². The van der Waals surface area contributed by atoms with Crippen LogP contribution in [0.2, 0.25) is 0 Å². The highest BCUT2D eigenvalue weighted by atomic mass is 15.3. The molecular formula is C16H23N5. The van der Waals surface area contributed by atoms with Crippen molar-refractivity contribution in [3.05, 3.63) is 42.1 Å². The predicted octanol–water partition coefficient (Wildman–Crippen LogP) is 2.04. The van der Waals surface area contributed by atoms with Crippen LogP contribution in [0.1, 0.15) is 25.2 Å². The average molecular weight is 285 g/mol. The molecule has 21 heavy (non-hydrogen) atoms. The van der Waals surface area contributed by atoms with Crippen LogP contribution >= 0.6 is 0 Å². The van der Waals surface area contributed by atoms with Crippen LogP contribution in [0.15, 0.2) is 30.7 Å². The van der Waals surface area contributed by atoms with Gasteiger partial charge in [-0.3, -0.25) is 0 Å². The molecule has 3 rings (SSSR count). The third kappa shape index (κ3) is 3.24. The average Bonchev–Trinajstić information content (AvgIpc) is 2.95. The number of rotatable bonds is 5. The van der Waals surface area contributed by atoms with Gasteiger partial charge in [0.15, 0.2) is 0 Å². The number of anilines is 1. The van der Waals surface area contributed by atoms with E-state index >= 15 is 0 Å². The van der Waals surface area contributed by atoms with Gasteiger partial charge in [0.2, 0.25) is 0 Å². The number of nitrogens with zero attached hydrogens (tertiary/aromatic N) is 4. The quantitative estimate of drug-likeness (QED) is 0.913. The molecule has 1 aliphatic rings. The molecule has 0 saturated heterocycles.